The van der Waals surface area contributed by atoms with E-state index in [1.54, 1.807) is 17.8 Å². The highest BCUT2D eigenvalue weighted by Crippen LogP contribution is 2.23. The standard InChI is InChI=1S/C14H21N3O3/c1-17-8-10(13(15)19)6-12(17)14(20)16-7-9-3-2-4-11(18)5-9/h6,8-9,11,18H,2-5,7H2,1H3,(H2,15,19)(H,16,20). The molecule has 1 saturated carbocycles. The van der Waals surface area contributed by atoms with Crippen LogP contribution in [-0.4, -0.2) is 34.1 Å². The van der Waals surface area contributed by atoms with E-state index in [9.17, 15) is 14.7 Å². The molecule has 0 aromatic carbocycles. The minimum Gasteiger partial charge on any atom is -0.393 e. The van der Waals surface area contributed by atoms with Crippen LogP contribution in [-0.2, 0) is 7.05 Å². The zero-order valence-electron chi connectivity index (χ0n) is 11.6. The summed E-state index contributed by atoms with van der Waals surface area (Å²) in [6.07, 6.45) is 4.91. The Kier molecular flexibility index (Phi) is 4.44. The van der Waals surface area contributed by atoms with E-state index in [0.717, 1.165) is 25.7 Å². The van der Waals surface area contributed by atoms with E-state index in [-0.39, 0.29) is 12.0 Å². The molecule has 0 bridgehead atoms. The lowest BCUT2D eigenvalue weighted by atomic mass is 9.87. The normalized spacial score (nSPS) is 22.5. The Morgan fingerprint density at radius 1 is 1.50 bits per heavy atom. The third-order valence-electron chi connectivity index (χ3n) is 3.83. The molecule has 2 atom stereocenters. The highest BCUT2D eigenvalue weighted by Gasteiger charge is 2.21. The number of nitrogens with two attached hydrogens (primary N) is 1. The summed E-state index contributed by atoms with van der Waals surface area (Å²) in [5.41, 5.74) is 5.93. The molecule has 1 aliphatic rings. The number of carbonyl (C=O) groups is 2. The van der Waals surface area contributed by atoms with Crippen molar-refractivity contribution in [2.45, 2.75) is 31.8 Å². The van der Waals surface area contributed by atoms with Crippen LogP contribution in [0.25, 0.3) is 0 Å². The first kappa shape index (κ1) is 14.6. The number of aliphatic hydroxyl groups is 1. The molecule has 0 radical (unpaired) electrons. The molecule has 1 aromatic heterocycles. The molecule has 2 amide bonds. The van der Waals surface area contributed by atoms with Crippen LogP contribution in [0, 0.1) is 5.92 Å². The highest BCUT2D eigenvalue weighted by molar-refractivity contribution is 5.98. The monoisotopic (exact) mass is 279 g/mol. The SMILES string of the molecule is Cn1cc(C(N)=O)cc1C(=O)NCC1CCCC(O)C1. The summed E-state index contributed by atoms with van der Waals surface area (Å²) in [6.45, 7) is 0.549. The predicted molar refractivity (Wildman–Crippen MR) is 74.2 cm³/mol. The second-order valence-corrected chi connectivity index (χ2v) is 5.49. The van der Waals surface area contributed by atoms with Crippen molar-refractivity contribution >= 4 is 11.8 Å². The van der Waals surface area contributed by atoms with Gasteiger partial charge in [0, 0.05) is 19.8 Å². The Labute approximate surface area is 118 Å². The molecule has 6 nitrogen and oxygen atoms in total. The second kappa shape index (κ2) is 6.09. The van der Waals surface area contributed by atoms with Gasteiger partial charge in [-0.05, 0) is 31.2 Å². The van der Waals surface area contributed by atoms with Crippen molar-refractivity contribution in [1.82, 2.24) is 9.88 Å². The fourth-order valence-electron chi connectivity index (χ4n) is 2.70. The van der Waals surface area contributed by atoms with Gasteiger partial charge in [-0.2, -0.15) is 0 Å². The average Bonchev–Trinajstić information content (AvgIpc) is 2.78. The minimum atomic E-state index is -0.546. The lowest BCUT2D eigenvalue weighted by Crippen LogP contribution is -2.33. The lowest BCUT2D eigenvalue weighted by molar-refractivity contribution is 0.0868. The highest BCUT2D eigenvalue weighted by atomic mass is 16.3. The molecule has 0 aliphatic heterocycles. The van der Waals surface area contributed by atoms with E-state index < -0.39 is 5.91 Å². The summed E-state index contributed by atoms with van der Waals surface area (Å²) >= 11 is 0. The van der Waals surface area contributed by atoms with Gasteiger partial charge in [0.2, 0.25) is 5.91 Å². The number of hydrogen-bond acceptors (Lipinski definition) is 3. The Morgan fingerprint density at radius 3 is 2.85 bits per heavy atom. The maximum atomic E-state index is 12.1. The number of aromatic nitrogens is 1. The number of hydrogen-bond donors (Lipinski definition) is 3. The van der Waals surface area contributed by atoms with Crippen LogP contribution in [0.15, 0.2) is 12.3 Å². The van der Waals surface area contributed by atoms with E-state index >= 15 is 0 Å². The molecular weight excluding hydrogens is 258 g/mol. The van der Waals surface area contributed by atoms with Crippen molar-refractivity contribution in [3.63, 3.8) is 0 Å². The number of amides is 2. The van der Waals surface area contributed by atoms with Crippen LogP contribution in [0.4, 0.5) is 0 Å². The van der Waals surface area contributed by atoms with Crippen molar-refractivity contribution < 1.29 is 14.7 Å². The molecule has 1 heterocycles. The van der Waals surface area contributed by atoms with E-state index in [2.05, 4.69) is 5.32 Å². The first-order valence-electron chi connectivity index (χ1n) is 6.89. The van der Waals surface area contributed by atoms with Crippen molar-refractivity contribution in [3.8, 4) is 0 Å². The number of carbonyl (C=O) groups excluding carboxylic acids is 2. The van der Waals surface area contributed by atoms with Gasteiger partial charge in [0.1, 0.15) is 5.69 Å². The van der Waals surface area contributed by atoms with Gasteiger partial charge < -0.3 is 20.7 Å². The summed E-state index contributed by atoms with van der Waals surface area (Å²) in [5.74, 6) is -0.450. The summed E-state index contributed by atoms with van der Waals surface area (Å²) in [6, 6.07) is 1.49. The van der Waals surface area contributed by atoms with Crippen LogP contribution >= 0.6 is 0 Å². The Morgan fingerprint density at radius 2 is 2.25 bits per heavy atom. The summed E-state index contributed by atoms with van der Waals surface area (Å²) in [5, 5.41) is 12.5. The van der Waals surface area contributed by atoms with Gasteiger partial charge in [0.05, 0.1) is 11.7 Å². The minimum absolute atomic E-state index is 0.222. The molecule has 2 unspecified atom stereocenters. The Bertz CT molecular complexity index is 510. The smallest absolute Gasteiger partial charge is 0.267 e. The number of rotatable bonds is 4. The molecule has 0 saturated heterocycles. The molecule has 4 N–H and O–H groups in total. The van der Waals surface area contributed by atoms with Crippen LogP contribution in [0.3, 0.4) is 0 Å². The van der Waals surface area contributed by atoms with Crippen LogP contribution in [0.2, 0.25) is 0 Å². The lowest BCUT2D eigenvalue weighted by Gasteiger charge is -2.25. The number of nitrogens with zero attached hydrogens (tertiary/aromatic N) is 1. The second-order valence-electron chi connectivity index (χ2n) is 5.49. The number of primary amides is 1. The molecule has 1 fully saturated rings. The van der Waals surface area contributed by atoms with Gasteiger partial charge >= 0.3 is 0 Å². The van der Waals surface area contributed by atoms with Gasteiger partial charge in [0.25, 0.3) is 5.91 Å². The Hall–Kier alpha value is -1.82. The van der Waals surface area contributed by atoms with Crippen molar-refractivity contribution in [2.75, 3.05) is 6.54 Å². The molecule has 20 heavy (non-hydrogen) atoms. The number of nitrogens with one attached hydrogen (secondary N) is 1. The molecule has 1 aliphatic carbocycles. The average molecular weight is 279 g/mol. The third-order valence-corrected chi connectivity index (χ3v) is 3.83. The van der Waals surface area contributed by atoms with Crippen molar-refractivity contribution in [2.24, 2.45) is 18.7 Å². The zero-order valence-corrected chi connectivity index (χ0v) is 11.6. The third kappa shape index (κ3) is 3.39. The van der Waals surface area contributed by atoms with E-state index in [4.69, 9.17) is 5.73 Å². The zero-order chi connectivity index (χ0) is 14.7. The molecule has 2 rings (SSSR count). The maximum absolute atomic E-state index is 12.1. The van der Waals surface area contributed by atoms with Gasteiger partial charge in [-0.25, -0.2) is 0 Å². The Balaban J connectivity index is 1.93. The summed E-state index contributed by atoms with van der Waals surface area (Å²) in [4.78, 5) is 23.2. The largest absolute Gasteiger partial charge is 0.393 e. The molecule has 0 spiro atoms. The van der Waals surface area contributed by atoms with E-state index in [0.29, 0.717) is 23.7 Å². The molecule has 110 valence electrons. The first-order valence-corrected chi connectivity index (χ1v) is 6.89. The first-order chi connectivity index (χ1) is 9.47. The van der Waals surface area contributed by atoms with Gasteiger partial charge in [0.15, 0.2) is 0 Å². The van der Waals surface area contributed by atoms with Crippen LogP contribution in [0.5, 0.6) is 0 Å². The van der Waals surface area contributed by atoms with Crippen molar-refractivity contribution in [1.29, 1.82) is 0 Å². The fraction of sp³-hybridized carbons (Fsp3) is 0.571. The summed E-state index contributed by atoms with van der Waals surface area (Å²) < 4.78 is 1.59. The molecule has 1 aromatic rings. The summed E-state index contributed by atoms with van der Waals surface area (Å²) in [7, 11) is 1.70. The molecular formula is C14H21N3O3. The van der Waals surface area contributed by atoms with Crippen LogP contribution < -0.4 is 11.1 Å². The van der Waals surface area contributed by atoms with Crippen molar-refractivity contribution in [3.05, 3.63) is 23.5 Å². The van der Waals surface area contributed by atoms with Crippen LogP contribution in [0.1, 0.15) is 46.5 Å². The quantitative estimate of drug-likeness (QED) is 0.744. The molecule has 6 heteroatoms. The fourth-order valence-corrected chi connectivity index (χ4v) is 2.70. The van der Waals surface area contributed by atoms with Gasteiger partial charge in [-0.15, -0.1) is 0 Å². The van der Waals surface area contributed by atoms with E-state index in [1.807, 2.05) is 0 Å². The number of aliphatic hydroxyl groups excluding tert-OH is 1. The van der Waals surface area contributed by atoms with Gasteiger partial charge in [-0.3, -0.25) is 9.59 Å². The topological polar surface area (TPSA) is 97.4 Å². The number of aryl methyl sites for hydroxylation is 1. The predicted octanol–water partition coefficient (Wildman–Crippen LogP) is 0.405. The maximum Gasteiger partial charge on any atom is 0.267 e. The van der Waals surface area contributed by atoms with Gasteiger partial charge in [-0.1, -0.05) is 6.42 Å². The van der Waals surface area contributed by atoms with E-state index in [1.165, 1.54) is 6.07 Å².